The number of primary amides is 1. The zero-order valence-corrected chi connectivity index (χ0v) is 14.8. The summed E-state index contributed by atoms with van der Waals surface area (Å²) >= 11 is 7.50. The molecule has 2 rings (SSSR count). The highest BCUT2D eigenvalue weighted by atomic mass is 35.5. The lowest BCUT2D eigenvalue weighted by atomic mass is 10.2. The van der Waals surface area contributed by atoms with Gasteiger partial charge in [0.1, 0.15) is 11.0 Å². The van der Waals surface area contributed by atoms with Gasteiger partial charge in [-0.3, -0.25) is 4.79 Å². The molecule has 0 aliphatic rings. The maximum Gasteiger partial charge on any atom is 0.217 e. The molecule has 0 bridgehead atoms. The molecule has 0 saturated heterocycles. The van der Waals surface area contributed by atoms with E-state index in [4.69, 9.17) is 17.3 Å². The number of amides is 1. The Morgan fingerprint density at radius 2 is 2.22 bits per heavy atom. The fourth-order valence-corrected chi connectivity index (χ4v) is 3.18. The minimum absolute atomic E-state index is 0.279. The van der Waals surface area contributed by atoms with Gasteiger partial charge in [0.25, 0.3) is 0 Å². The van der Waals surface area contributed by atoms with Gasteiger partial charge in [-0.2, -0.15) is 0 Å². The van der Waals surface area contributed by atoms with Crippen LogP contribution in [0.3, 0.4) is 0 Å². The van der Waals surface area contributed by atoms with E-state index in [-0.39, 0.29) is 12.3 Å². The van der Waals surface area contributed by atoms with Gasteiger partial charge in [-0.05, 0) is 23.6 Å². The topological polar surface area (TPSA) is 86.7 Å². The number of hydrogen-bond acceptors (Lipinski definition) is 5. The number of nitrogens with zero attached hydrogens (tertiary/aromatic N) is 4. The Bertz CT molecular complexity index is 674. The standard InChI is InChI=1S/C15H20ClN5OS/c1-10(2)8-21-14(4-3-13(17)22)19-20-15(21)23-9-11-5-6-18-12(16)7-11/h5-7,10H,3-4,8-9H2,1-2H3,(H2,17,22). The second-order valence-electron chi connectivity index (χ2n) is 5.65. The number of aromatic nitrogens is 4. The van der Waals surface area contributed by atoms with Crippen LogP contribution >= 0.6 is 23.4 Å². The first-order valence-electron chi connectivity index (χ1n) is 7.39. The Labute approximate surface area is 144 Å². The van der Waals surface area contributed by atoms with Crippen LogP contribution in [0.25, 0.3) is 0 Å². The Morgan fingerprint density at radius 1 is 1.43 bits per heavy atom. The predicted octanol–water partition coefficient (Wildman–Crippen LogP) is 2.69. The summed E-state index contributed by atoms with van der Waals surface area (Å²) in [5.74, 6) is 1.65. The highest BCUT2D eigenvalue weighted by molar-refractivity contribution is 7.98. The summed E-state index contributed by atoms with van der Waals surface area (Å²) in [5, 5.41) is 9.80. The molecule has 124 valence electrons. The molecule has 1 amide bonds. The molecule has 8 heteroatoms. The molecule has 0 aliphatic heterocycles. The number of nitrogens with two attached hydrogens (primary N) is 1. The minimum Gasteiger partial charge on any atom is -0.370 e. The van der Waals surface area contributed by atoms with Gasteiger partial charge in [-0.15, -0.1) is 10.2 Å². The number of rotatable bonds is 8. The minimum atomic E-state index is -0.329. The first-order valence-corrected chi connectivity index (χ1v) is 8.75. The molecule has 0 spiro atoms. The molecule has 0 saturated carbocycles. The van der Waals surface area contributed by atoms with Crippen molar-refractivity contribution < 1.29 is 4.79 Å². The van der Waals surface area contributed by atoms with Crippen LogP contribution in [0, 0.1) is 5.92 Å². The van der Waals surface area contributed by atoms with E-state index in [0.717, 1.165) is 28.8 Å². The van der Waals surface area contributed by atoms with Gasteiger partial charge in [0, 0.05) is 31.3 Å². The Morgan fingerprint density at radius 3 is 2.87 bits per heavy atom. The van der Waals surface area contributed by atoms with E-state index < -0.39 is 0 Å². The van der Waals surface area contributed by atoms with Gasteiger partial charge >= 0.3 is 0 Å². The quantitative estimate of drug-likeness (QED) is 0.582. The van der Waals surface area contributed by atoms with Crippen molar-refractivity contribution in [2.24, 2.45) is 11.7 Å². The second kappa shape index (κ2) is 8.31. The van der Waals surface area contributed by atoms with E-state index in [1.807, 2.05) is 12.1 Å². The molecule has 0 unspecified atom stereocenters. The molecule has 0 fully saturated rings. The zero-order valence-electron chi connectivity index (χ0n) is 13.2. The van der Waals surface area contributed by atoms with Crippen LogP contribution in [0.2, 0.25) is 5.15 Å². The van der Waals surface area contributed by atoms with Crippen molar-refractivity contribution in [3.8, 4) is 0 Å². The molecule has 0 aromatic carbocycles. The van der Waals surface area contributed by atoms with E-state index >= 15 is 0 Å². The van der Waals surface area contributed by atoms with Crippen LogP contribution in [0.4, 0.5) is 0 Å². The van der Waals surface area contributed by atoms with Crippen LogP contribution in [-0.4, -0.2) is 25.7 Å². The number of hydrogen-bond donors (Lipinski definition) is 1. The van der Waals surface area contributed by atoms with E-state index in [9.17, 15) is 4.79 Å². The SMILES string of the molecule is CC(C)Cn1c(CCC(N)=O)nnc1SCc1ccnc(Cl)c1. The van der Waals surface area contributed by atoms with Crippen molar-refractivity contribution in [2.45, 2.75) is 44.1 Å². The fraction of sp³-hybridized carbons (Fsp3) is 0.467. The number of halogens is 1. The molecule has 0 aliphatic carbocycles. The van der Waals surface area contributed by atoms with Crippen molar-refractivity contribution in [2.75, 3.05) is 0 Å². The van der Waals surface area contributed by atoms with Crippen molar-refractivity contribution in [3.05, 3.63) is 34.9 Å². The highest BCUT2D eigenvalue weighted by Crippen LogP contribution is 2.24. The summed E-state index contributed by atoms with van der Waals surface area (Å²) < 4.78 is 2.07. The average Bonchev–Trinajstić information content (AvgIpc) is 2.84. The van der Waals surface area contributed by atoms with Crippen LogP contribution < -0.4 is 5.73 Å². The molecule has 2 N–H and O–H groups in total. The molecule has 0 radical (unpaired) electrons. The van der Waals surface area contributed by atoms with Crippen LogP contribution in [0.5, 0.6) is 0 Å². The van der Waals surface area contributed by atoms with E-state index in [0.29, 0.717) is 17.5 Å². The molecular formula is C15H20ClN5OS. The molecule has 6 nitrogen and oxygen atoms in total. The molecule has 2 aromatic rings. The highest BCUT2D eigenvalue weighted by Gasteiger charge is 2.14. The van der Waals surface area contributed by atoms with E-state index in [1.54, 1.807) is 18.0 Å². The third-order valence-corrected chi connectivity index (χ3v) is 4.34. The average molecular weight is 354 g/mol. The zero-order chi connectivity index (χ0) is 16.8. The molecular weight excluding hydrogens is 334 g/mol. The van der Waals surface area contributed by atoms with Gasteiger partial charge < -0.3 is 10.3 Å². The first-order chi connectivity index (χ1) is 11.0. The summed E-state index contributed by atoms with van der Waals surface area (Å²) in [7, 11) is 0. The lowest BCUT2D eigenvalue weighted by Gasteiger charge is -2.12. The summed E-state index contributed by atoms with van der Waals surface area (Å²) in [6, 6.07) is 3.77. The van der Waals surface area contributed by atoms with Crippen LogP contribution in [0.15, 0.2) is 23.5 Å². The second-order valence-corrected chi connectivity index (χ2v) is 6.97. The molecule has 0 atom stereocenters. The molecule has 2 aromatic heterocycles. The summed E-state index contributed by atoms with van der Waals surface area (Å²) in [6.45, 7) is 5.07. The normalized spacial score (nSPS) is 11.1. The van der Waals surface area contributed by atoms with Crippen LogP contribution in [0.1, 0.15) is 31.7 Å². The number of carbonyl (C=O) groups excluding carboxylic acids is 1. The molecule has 2 heterocycles. The Hall–Kier alpha value is -1.60. The van der Waals surface area contributed by atoms with E-state index in [1.165, 1.54) is 0 Å². The van der Waals surface area contributed by atoms with Crippen molar-refractivity contribution in [1.82, 2.24) is 19.7 Å². The fourth-order valence-electron chi connectivity index (χ4n) is 2.07. The van der Waals surface area contributed by atoms with Gasteiger partial charge in [0.15, 0.2) is 5.16 Å². The summed E-state index contributed by atoms with van der Waals surface area (Å²) in [4.78, 5) is 15.0. The number of pyridine rings is 1. The van der Waals surface area contributed by atoms with Gasteiger partial charge in [-0.1, -0.05) is 37.2 Å². The van der Waals surface area contributed by atoms with Crippen LogP contribution in [-0.2, 0) is 23.5 Å². The number of aryl methyl sites for hydroxylation is 1. The number of thioether (sulfide) groups is 1. The van der Waals surface area contributed by atoms with Gasteiger partial charge in [0.05, 0.1) is 0 Å². The third-order valence-electron chi connectivity index (χ3n) is 3.10. The maximum atomic E-state index is 11.0. The smallest absolute Gasteiger partial charge is 0.217 e. The molecule has 23 heavy (non-hydrogen) atoms. The predicted molar refractivity (Wildman–Crippen MR) is 91.2 cm³/mol. The lowest BCUT2D eigenvalue weighted by Crippen LogP contribution is -2.15. The monoisotopic (exact) mass is 353 g/mol. The van der Waals surface area contributed by atoms with Crippen molar-refractivity contribution >= 4 is 29.3 Å². The largest absolute Gasteiger partial charge is 0.370 e. The number of carbonyl (C=O) groups is 1. The van der Waals surface area contributed by atoms with E-state index in [2.05, 4.69) is 33.6 Å². The maximum absolute atomic E-state index is 11.0. The lowest BCUT2D eigenvalue weighted by molar-refractivity contribution is -0.118. The Balaban J connectivity index is 2.11. The van der Waals surface area contributed by atoms with Gasteiger partial charge in [-0.25, -0.2) is 4.98 Å². The Kier molecular flexibility index (Phi) is 6.41. The van der Waals surface area contributed by atoms with Crippen molar-refractivity contribution in [3.63, 3.8) is 0 Å². The summed E-state index contributed by atoms with van der Waals surface area (Å²) in [6.07, 6.45) is 2.48. The van der Waals surface area contributed by atoms with Gasteiger partial charge in [0.2, 0.25) is 5.91 Å². The third kappa shape index (κ3) is 5.51. The summed E-state index contributed by atoms with van der Waals surface area (Å²) in [5.41, 5.74) is 6.30. The van der Waals surface area contributed by atoms with Crippen molar-refractivity contribution in [1.29, 1.82) is 0 Å². The first kappa shape index (κ1) is 17.7.